The largest absolute Gasteiger partial charge is 0.493 e. The summed E-state index contributed by atoms with van der Waals surface area (Å²) in [7, 11) is 1.38. The summed E-state index contributed by atoms with van der Waals surface area (Å²) in [4.78, 5) is 23.2. The lowest BCUT2D eigenvalue weighted by atomic mass is 10.1. The Bertz CT molecular complexity index is 780. The second-order valence-corrected chi connectivity index (χ2v) is 5.44. The molecule has 2 rings (SSSR count). The molecule has 1 amide bonds. The molecule has 0 heterocycles. The quantitative estimate of drug-likeness (QED) is 0.552. The number of ether oxygens (including phenoxy) is 2. The molecule has 8 nitrogen and oxygen atoms in total. The minimum Gasteiger partial charge on any atom is -0.493 e. The molecule has 26 heavy (non-hydrogen) atoms. The third kappa shape index (κ3) is 4.48. The Hall–Kier alpha value is -3.13. The number of nitro groups is 1. The van der Waals surface area contributed by atoms with Gasteiger partial charge in [-0.1, -0.05) is 30.3 Å². The minimum atomic E-state index is -0.635. The Morgan fingerprint density at radius 2 is 1.96 bits per heavy atom. The number of benzene rings is 2. The molecule has 0 radical (unpaired) electrons. The maximum absolute atomic E-state index is 12.5. The van der Waals surface area contributed by atoms with Crippen LogP contribution < -0.4 is 20.5 Å². The van der Waals surface area contributed by atoms with Gasteiger partial charge in [0.25, 0.3) is 11.6 Å². The van der Waals surface area contributed by atoms with E-state index < -0.39 is 16.9 Å². The van der Waals surface area contributed by atoms with Crippen molar-refractivity contribution in [1.82, 2.24) is 5.32 Å². The first-order valence-electron chi connectivity index (χ1n) is 8.05. The fourth-order valence-corrected chi connectivity index (χ4v) is 2.43. The maximum Gasteiger partial charge on any atom is 0.286 e. The second-order valence-electron chi connectivity index (χ2n) is 5.44. The molecule has 2 aromatic rings. The van der Waals surface area contributed by atoms with Gasteiger partial charge in [-0.05, 0) is 12.5 Å². The normalized spacial score (nSPS) is 11.5. The molecule has 138 valence electrons. The van der Waals surface area contributed by atoms with Crippen LogP contribution in [0.15, 0.2) is 42.5 Å². The zero-order valence-corrected chi connectivity index (χ0v) is 14.6. The second kappa shape index (κ2) is 8.82. The number of carbonyl (C=O) groups is 1. The van der Waals surface area contributed by atoms with E-state index >= 15 is 0 Å². The third-order valence-corrected chi connectivity index (χ3v) is 3.73. The summed E-state index contributed by atoms with van der Waals surface area (Å²) in [6, 6.07) is 11.3. The Kier molecular flexibility index (Phi) is 6.51. The molecule has 8 heteroatoms. The first kappa shape index (κ1) is 19.2. The standard InChI is InChI=1S/C18H21N3O5/c1-3-26-17-9-13(15(21(23)24)10-16(17)25-2)18(22)20-11-14(19)12-7-5-4-6-8-12/h4-10,14H,3,11,19H2,1-2H3,(H,20,22). The van der Waals surface area contributed by atoms with Crippen molar-refractivity contribution < 1.29 is 19.2 Å². The summed E-state index contributed by atoms with van der Waals surface area (Å²) < 4.78 is 10.5. The van der Waals surface area contributed by atoms with Crippen LogP contribution >= 0.6 is 0 Å². The van der Waals surface area contributed by atoms with E-state index in [0.717, 1.165) is 5.56 Å². The Balaban J connectivity index is 2.23. The Morgan fingerprint density at radius 3 is 2.54 bits per heavy atom. The van der Waals surface area contributed by atoms with Crippen molar-refractivity contribution in [2.75, 3.05) is 20.3 Å². The summed E-state index contributed by atoms with van der Waals surface area (Å²) in [5.74, 6) is -0.152. The highest BCUT2D eigenvalue weighted by atomic mass is 16.6. The van der Waals surface area contributed by atoms with Gasteiger partial charge in [-0.25, -0.2) is 0 Å². The summed E-state index contributed by atoms with van der Waals surface area (Å²) in [5.41, 5.74) is 6.43. The van der Waals surface area contributed by atoms with Crippen molar-refractivity contribution in [2.45, 2.75) is 13.0 Å². The number of nitrogens with zero attached hydrogens (tertiary/aromatic N) is 1. The van der Waals surface area contributed by atoms with E-state index in [0.29, 0.717) is 6.61 Å². The zero-order chi connectivity index (χ0) is 19.1. The van der Waals surface area contributed by atoms with E-state index in [4.69, 9.17) is 15.2 Å². The van der Waals surface area contributed by atoms with Gasteiger partial charge in [-0.3, -0.25) is 14.9 Å². The van der Waals surface area contributed by atoms with E-state index in [2.05, 4.69) is 5.32 Å². The van der Waals surface area contributed by atoms with Gasteiger partial charge in [0.15, 0.2) is 11.5 Å². The smallest absolute Gasteiger partial charge is 0.286 e. The number of nitrogens with two attached hydrogens (primary N) is 1. The maximum atomic E-state index is 12.5. The number of rotatable bonds is 8. The van der Waals surface area contributed by atoms with Gasteiger partial charge in [0.2, 0.25) is 0 Å². The Labute approximate surface area is 151 Å². The SMILES string of the molecule is CCOc1cc(C(=O)NCC(N)c2ccccc2)c([N+](=O)[O-])cc1OC. The lowest BCUT2D eigenvalue weighted by Crippen LogP contribution is -2.32. The number of hydrogen-bond donors (Lipinski definition) is 2. The van der Waals surface area contributed by atoms with Gasteiger partial charge < -0.3 is 20.5 Å². The van der Waals surface area contributed by atoms with Crippen LogP contribution in [0.3, 0.4) is 0 Å². The van der Waals surface area contributed by atoms with Crippen LogP contribution in [-0.4, -0.2) is 31.1 Å². The Morgan fingerprint density at radius 1 is 1.27 bits per heavy atom. The van der Waals surface area contributed by atoms with Crippen molar-refractivity contribution >= 4 is 11.6 Å². The monoisotopic (exact) mass is 359 g/mol. The topological polar surface area (TPSA) is 117 Å². The fourth-order valence-electron chi connectivity index (χ4n) is 2.43. The first-order valence-corrected chi connectivity index (χ1v) is 8.05. The van der Waals surface area contributed by atoms with Crippen LogP contribution in [-0.2, 0) is 0 Å². The van der Waals surface area contributed by atoms with Crippen molar-refractivity contribution in [1.29, 1.82) is 0 Å². The van der Waals surface area contributed by atoms with E-state index in [1.165, 1.54) is 19.2 Å². The highest BCUT2D eigenvalue weighted by Crippen LogP contribution is 2.34. The van der Waals surface area contributed by atoms with Crippen molar-refractivity contribution in [3.8, 4) is 11.5 Å². The van der Waals surface area contributed by atoms with Gasteiger partial charge >= 0.3 is 0 Å². The van der Waals surface area contributed by atoms with Crippen LogP contribution in [0.1, 0.15) is 28.9 Å². The molecule has 2 aromatic carbocycles. The molecule has 0 saturated heterocycles. The molecule has 0 aromatic heterocycles. The van der Waals surface area contributed by atoms with Crippen LogP contribution in [0.2, 0.25) is 0 Å². The number of hydrogen-bond acceptors (Lipinski definition) is 6. The molecule has 0 bridgehead atoms. The molecule has 0 fully saturated rings. The third-order valence-electron chi connectivity index (χ3n) is 3.73. The summed E-state index contributed by atoms with van der Waals surface area (Å²) in [6.45, 7) is 2.23. The molecule has 0 spiro atoms. The van der Waals surface area contributed by atoms with Crippen LogP contribution in [0.5, 0.6) is 11.5 Å². The van der Waals surface area contributed by atoms with Crippen molar-refractivity contribution in [3.05, 3.63) is 63.7 Å². The van der Waals surface area contributed by atoms with Crippen LogP contribution in [0, 0.1) is 10.1 Å². The van der Waals surface area contributed by atoms with Gasteiger partial charge in [0.05, 0.1) is 24.7 Å². The fraction of sp³-hybridized carbons (Fsp3) is 0.278. The predicted molar refractivity (Wildman–Crippen MR) is 96.5 cm³/mol. The molecule has 0 saturated carbocycles. The van der Waals surface area contributed by atoms with Gasteiger partial charge in [0.1, 0.15) is 5.56 Å². The number of nitro benzene ring substituents is 1. The number of methoxy groups -OCH3 is 1. The van der Waals surface area contributed by atoms with Gasteiger partial charge in [-0.15, -0.1) is 0 Å². The summed E-state index contributed by atoms with van der Waals surface area (Å²) in [6.07, 6.45) is 0. The summed E-state index contributed by atoms with van der Waals surface area (Å²) >= 11 is 0. The molecule has 1 unspecified atom stereocenters. The number of nitrogens with one attached hydrogen (secondary N) is 1. The van der Waals surface area contributed by atoms with Gasteiger partial charge in [0, 0.05) is 18.7 Å². The van der Waals surface area contributed by atoms with E-state index in [1.54, 1.807) is 6.92 Å². The average molecular weight is 359 g/mol. The number of carbonyl (C=O) groups excluding carboxylic acids is 1. The molecule has 3 N–H and O–H groups in total. The molecule has 0 aliphatic rings. The van der Waals surface area contributed by atoms with E-state index in [1.807, 2.05) is 30.3 Å². The average Bonchev–Trinajstić information content (AvgIpc) is 2.66. The van der Waals surface area contributed by atoms with Crippen molar-refractivity contribution in [2.24, 2.45) is 5.73 Å². The van der Waals surface area contributed by atoms with Crippen molar-refractivity contribution in [3.63, 3.8) is 0 Å². The lowest BCUT2D eigenvalue weighted by Gasteiger charge is -2.14. The summed E-state index contributed by atoms with van der Waals surface area (Å²) in [5, 5.41) is 14.0. The van der Waals surface area contributed by atoms with E-state index in [-0.39, 0.29) is 29.3 Å². The molecular weight excluding hydrogens is 338 g/mol. The molecule has 1 atom stereocenters. The predicted octanol–water partition coefficient (Wildman–Crippen LogP) is 2.43. The molecule has 0 aliphatic heterocycles. The highest BCUT2D eigenvalue weighted by Gasteiger charge is 2.25. The first-order chi connectivity index (χ1) is 12.5. The number of amides is 1. The van der Waals surface area contributed by atoms with Gasteiger partial charge in [-0.2, -0.15) is 0 Å². The van der Waals surface area contributed by atoms with Crippen LogP contribution in [0.25, 0.3) is 0 Å². The van der Waals surface area contributed by atoms with E-state index in [9.17, 15) is 14.9 Å². The molecular formula is C18H21N3O5. The highest BCUT2D eigenvalue weighted by molar-refractivity contribution is 5.99. The zero-order valence-electron chi connectivity index (χ0n) is 14.6. The lowest BCUT2D eigenvalue weighted by molar-refractivity contribution is -0.385. The minimum absolute atomic E-state index is 0.112. The van der Waals surface area contributed by atoms with Crippen LogP contribution in [0.4, 0.5) is 5.69 Å². The molecule has 0 aliphatic carbocycles.